The predicted octanol–water partition coefficient (Wildman–Crippen LogP) is 2.15. The van der Waals surface area contributed by atoms with Gasteiger partial charge in [-0.15, -0.1) is 0 Å². The van der Waals surface area contributed by atoms with Crippen LogP contribution in [0.3, 0.4) is 0 Å². The molecule has 1 unspecified atom stereocenters. The Morgan fingerprint density at radius 3 is 3.00 bits per heavy atom. The Hall–Kier alpha value is -1.42. The van der Waals surface area contributed by atoms with Crippen molar-refractivity contribution >= 4 is 11.6 Å². The summed E-state index contributed by atoms with van der Waals surface area (Å²) in [4.78, 5) is 12.2. The predicted molar refractivity (Wildman–Crippen MR) is 65.2 cm³/mol. The molecule has 0 aromatic heterocycles. The van der Waals surface area contributed by atoms with Crippen molar-refractivity contribution in [3.8, 4) is 0 Å². The Kier molecular flexibility index (Phi) is 3.43. The van der Waals surface area contributed by atoms with Crippen LogP contribution in [0.2, 0.25) is 0 Å². The third-order valence-electron chi connectivity index (χ3n) is 3.48. The van der Waals surface area contributed by atoms with Crippen LogP contribution in [0.15, 0.2) is 24.3 Å². The van der Waals surface area contributed by atoms with Crippen LogP contribution in [0.4, 0.5) is 10.1 Å². The third-order valence-corrected chi connectivity index (χ3v) is 3.48. The Balaban J connectivity index is 2.10. The second kappa shape index (κ2) is 4.84. The number of nitrogens with one attached hydrogen (secondary N) is 2. The van der Waals surface area contributed by atoms with Gasteiger partial charge in [-0.1, -0.05) is 13.0 Å². The number of carbonyl (C=O) groups is 1. The molecule has 3 nitrogen and oxygen atoms in total. The van der Waals surface area contributed by atoms with Crippen molar-refractivity contribution in [2.75, 3.05) is 18.4 Å². The second-order valence-electron chi connectivity index (χ2n) is 4.53. The molecular weight excluding hydrogens is 219 g/mol. The molecule has 2 N–H and O–H groups in total. The number of rotatable bonds is 3. The summed E-state index contributed by atoms with van der Waals surface area (Å²) in [6, 6.07) is 6.00. The van der Waals surface area contributed by atoms with Crippen LogP contribution >= 0.6 is 0 Å². The van der Waals surface area contributed by atoms with E-state index in [1.54, 1.807) is 12.1 Å². The summed E-state index contributed by atoms with van der Waals surface area (Å²) in [5.41, 5.74) is 0.182. The van der Waals surface area contributed by atoms with Crippen LogP contribution in [-0.4, -0.2) is 19.0 Å². The molecule has 0 radical (unpaired) electrons. The molecular formula is C13H17FN2O. The highest BCUT2D eigenvalue weighted by molar-refractivity contribution is 5.95. The quantitative estimate of drug-likeness (QED) is 0.844. The standard InChI is InChI=1S/C13H17FN2O/c1-2-13(6-7-15-9-13)12(17)16-11-5-3-4-10(14)8-11/h3-5,8,15H,2,6-7,9H2,1H3,(H,16,17). The number of hydrogen-bond donors (Lipinski definition) is 2. The van der Waals surface area contributed by atoms with Gasteiger partial charge in [0.15, 0.2) is 0 Å². The number of amides is 1. The van der Waals surface area contributed by atoms with Crippen molar-refractivity contribution < 1.29 is 9.18 Å². The average molecular weight is 236 g/mol. The molecule has 0 spiro atoms. The molecule has 1 amide bonds. The minimum atomic E-state index is -0.341. The van der Waals surface area contributed by atoms with Crippen LogP contribution in [-0.2, 0) is 4.79 Å². The van der Waals surface area contributed by atoms with Crippen molar-refractivity contribution in [3.05, 3.63) is 30.1 Å². The fourth-order valence-corrected chi connectivity index (χ4v) is 2.23. The molecule has 0 aliphatic carbocycles. The second-order valence-corrected chi connectivity index (χ2v) is 4.53. The highest BCUT2D eigenvalue weighted by Crippen LogP contribution is 2.30. The zero-order chi connectivity index (χ0) is 12.3. The van der Waals surface area contributed by atoms with E-state index in [1.807, 2.05) is 6.92 Å². The molecule has 1 atom stereocenters. The first-order chi connectivity index (χ1) is 8.16. The van der Waals surface area contributed by atoms with Gasteiger partial charge in [0.1, 0.15) is 5.82 Å². The molecule has 1 fully saturated rings. The lowest BCUT2D eigenvalue weighted by Gasteiger charge is -2.25. The molecule has 2 rings (SSSR count). The van der Waals surface area contributed by atoms with Crippen LogP contribution in [0.25, 0.3) is 0 Å². The van der Waals surface area contributed by atoms with Crippen molar-refractivity contribution in [1.29, 1.82) is 0 Å². The summed E-state index contributed by atoms with van der Waals surface area (Å²) in [7, 11) is 0. The van der Waals surface area contributed by atoms with E-state index in [0.29, 0.717) is 12.2 Å². The summed E-state index contributed by atoms with van der Waals surface area (Å²) < 4.78 is 13.0. The fraction of sp³-hybridized carbons (Fsp3) is 0.462. The smallest absolute Gasteiger partial charge is 0.231 e. The zero-order valence-corrected chi connectivity index (χ0v) is 9.92. The summed E-state index contributed by atoms with van der Waals surface area (Å²) in [5, 5.41) is 6.00. The van der Waals surface area contributed by atoms with Crippen LogP contribution < -0.4 is 10.6 Å². The first kappa shape index (κ1) is 12.0. The maximum Gasteiger partial charge on any atom is 0.231 e. The summed E-state index contributed by atoms with van der Waals surface area (Å²) in [6.45, 7) is 3.58. The molecule has 1 aromatic carbocycles. The van der Waals surface area contributed by atoms with Gasteiger partial charge >= 0.3 is 0 Å². The minimum Gasteiger partial charge on any atom is -0.325 e. The molecule has 1 aliphatic rings. The van der Waals surface area contributed by atoms with Gasteiger partial charge in [0.05, 0.1) is 5.41 Å². The van der Waals surface area contributed by atoms with E-state index in [0.717, 1.165) is 19.4 Å². The average Bonchev–Trinajstić information content (AvgIpc) is 2.78. The van der Waals surface area contributed by atoms with Crippen molar-refractivity contribution in [3.63, 3.8) is 0 Å². The Morgan fingerprint density at radius 2 is 2.41 bits per heavy atom. The molecule has 0 saturated carbocycles. The van der Waals surface area contributed by atoms with Gasteiger partial charge in [0.25, 0.3) is 0 Å². The monoisotopic (exact) mass is 236 g/mol. The van der Waals surface area contributed by atoms with Gasteiger partial charge in [-0.05, 0) is 37.6 Å². The Bertz CT molecular complexity index is 414. The van der Waals surface area contributed by atoms with E-state index in [2.05, 4.69) is 10.6 Å². The minimum absolute atomic E-state index is 0.0180. The summed E-state index contributed by atoms with van der Waals surface area (Å²) >= 11 is 0. The first-order valence-electron chi connectivity index (χ1n) is 5.94. The first-order valence-corrected chi connectivity index (χ1v) is 5.94. The molecule has 92 valence electrons. The van der Waals surface area contributed by atoms with Gasteiger partial charge in [-0.2, -0.15) is 0 Å². The number of carbonyl (C=O) groups excluding carboxylic acids is 1. The topological polar surface area (TPSA) is 41.1 Å². The normalized spacial score (nSPS) is 23.6. The molecule has 17 heavy (non-hydrogen) atoms. The lowest BCUT2D eigenvalue weighted by molar-refractivity contribution is -0.124. The maximum atomic E-state index is 13.0. The summed E-state index contributed by atoms with van der Waals surface area (Å²) in [5.74, 6) is -0.353. The molecule has 1 aromatic rings. The van der Waals surface area contributed by atoms with Crippen LogP contribution in [0.5, 0.6) is 0 Å². The molecule has 0 bridgehead atoms. The van der Waals surface area contributed by atoms with Gasteiger partial charge in [0.2, 0.25) is 5.91 Å². The van der Waals surface area contributed by atoms with Crippen molar-refractivity contribution in [1.82, 2.24) is 5.32 Å². The van der Waals surface area contributed by atoms with E-state index in [-0.39, 0.29) is 17.1 Å². The van der Waals surface area contributed by atoms with Crippen molar-refractivity contribution in [2.45, 2.75) is 19.8 Å². The van der Waals surface area contributed by atoms with E-state index >= 15 is 0 Å². The zero-order valence-electron chi connectivity index (χ0n) is 9.92. The largest absolute Gasteiger partial charge is 0.325 e. The SMILES string of the molecule is CCC1(C(=O)Nc2cccc(F)c2)CCNC1. The van der Waals surface area contributed by atoms with E-state index < -0.39 is 0 Å². The number of benzene rings is 1. The maximum absolute atomic E-state index is 13.0. The number of hydrogen-bond acceptors (Lipinski definition) is 2. The highest BCUT2D eigenvalue weighted by Gasteiger charge is 2.39. The molecule has 1 aliphatic heterocycles. The van der Waals surface area contributed by atoms with Gasteiger partial charge in [0, 0.05) is 12.2 Å². The van der Waals surface area contributed by atoms with Crippen LogP contribution in [0, 0.1) is 11.2 Å². The molecule has 4 heteroatoms. The Morgan fingerprint density at radius 1 is 1.59 bits per heavy atom. The fourth-order valence-electron chi connectivity index (χ4n) is 2.23. The van der Waals surface area contributed by atoms with E-state index in [1.165, 1.54) is 12.1 Å². The molecule has 1 heterocycles. The van der Waals surface area contributed by atoms with Gasteiger partial charge in [-0.3, -0.25) is 4.79 Å². The van der Waals surface area contributed by atoms with E-state index in [4.69, 9.17) is 0 Å². The number of halogens is 1. The third kappa shape index (κ3) is 2.47. The lowest BCUT2D eigenvalue weighted by atomic mass is 9.83. The highest BCUT2D eigenvalue weighted by atomic mass is 19.1. The van der Waals surface area contributed by atoms with Crippen LogP contribution in [0.1, 0.15) is 19.8 Å². The Labute approximate surface area is 100 Å². The summed E-state index contributed by atoms with van der Waals surface area (Å²) in [6.07, 6.45) is 1.63. The molecule has 1 saturated heterocycles. The van der Waals surface area contributed by atoms with E-state index in [9.17, 15) is 9.18 Å². The van der Waals surface area contributed by atoms with Crippen molar-refractivity contribution in [2.24, 2.45) is 5.41 Å². The number of anilines is 1. The lowest BCUT2D eigenvalue weighted by Crippen LogP contribution is -2.37. The van der Waals surface area contributed by atoms with Gasteiger partial charge in [-0.25, -0.2) is 4.39 Å². The van der Waals surface area contributed by atoms with Gasteiger partial charge < -0.3 is 10.6 Å².